The van der Waals surface area contributed by atoms with Crippen LogP contribution < -0.4 is 0 Å². The lowest BCUT2D eigenvalue weighted by molar-refractivity contribution is -0.146. The average molecular weight is 534 g/mol. The second-order valence-electron chi connectivity index (χ2n) is 11.9. The standard InChI is InChI=1S/C33H40FNO4/c1-21(2)38-31(36)19-23-10-9-11-24(18-23)25-14-15-26(20-25)35(32(37)39-33(4,5)6)22(3)27-16-17-30(34)29-13-8-7-12-28(27)29/h7-13,16-18,21-22,25-26H,14-15,19-20H2,1-6H3. The SMILES string of the molecule is CC(C)OC(=O)Cc1cccc(C2CCC(N(C(=O)OC(C)(C)C)C(C)c3ccc(F)c4ccccc34)C2)c1. The number of ether oxygens (including phenoxy) is 2. The number of hydrogen-bond acceptors (Lipinski definition) is 4. The molecule has 3 atom stereocenters. The largest absolute Gasteiger partial charge is 0.463 e. The van der Waals surface area contributed by atoms with Crippen molar-refractivity contribution in [1.82, 2.24) is 4.90 Å². The predicted octanol–water partition coefficient (Wildman–Crippen LogP) is 8.11. The first kappa shape index (κ1) is 28.6. The summed E-state index contributed by atoms with van der Waals surface area (Å²) in [6.07, 6.45) is 2.26. The Morgan fingerprint density at radius 2 is 1.69 bits per heavy atom. The highest BCUT2D eigenvalue weighted by Crippen LogP contribution is 2.41. The van der Waals surface area contributed by atoms with Crippen LogP contribution in [0.4, 0.5) is 9.18 Å². The molecule has 0 aromatic heterocycles. The van der Waals surface area contributed by atoms with E-state index in [1.165, 1.54) is 6.07 Å². The molecule has 5 nitrogen and oxygen atoms in total. The summed E-state index contributed by atoms with van der Waals surface area (Å²) >= 11 is 0. The van der Waals surface area contributed by atoms with E-state index < -0.39 is 5.60 Å². The first-order valence-corrected chi connectivity index (χ1v) is 13.9. The number of hydrogen-bond donors (Lipinski definition) is 0. The molecule has 1 fully saturated rings. The van der Waals surface area contributed by atoms with Gasteiger partial charge >= 0.3 is 12.1 Å². The predicted molar refractivity (Wildman–Crippen MR) is 152 cm³/mol. The van der Waals surface area contributed by atoms with E-state index >= 15 is 0 Å². The van der Waals surface area contributed by atoms with Gasteiger partial charge in [-0.15, -0.1) is 0 Å². The Kier molecular flexibility index (Phi) is 8.63. The molecule has 0 aliphatic heterocycles. The molecule has 1 amide bonds. The third kappa shape index (κ3) is 6.97. The van der Waals surface area contributed by atoms with Crippen molar-refractivity contribution < 1.29 is 23.5 Å². The van der Waals surface area contributed by atoms with Crippen molar-refractivity contribution >= 4 is 22.8 Å². The van der Waals surface area contributed by atoms with Gasteiger partial charge in [0, 0.05) is 11.4 Å². The fraction of sp³-hybridized carbons (Fsp3) is 0.455. The van der Waals surface area contributed by atoms with Crippen molar-refractivity contribution in [1.29, 1.82) is 0 Å². The highest BCUT2D eigenvalue weighted by molar-refractivity contribution is 5.87. The second kappa shape index (κ2) is 11.8. The van der Waals surface area contributed by atoms with Crippen molar-refractivity contribution in [2.75, 3.05) is 0 Å². The van der Waals surface area contributed by atoms with E-state index in [2.05, 4.69) is 12.1 Å². The number of esters is 1. The summed E-state index contributed by atoms with van der Waals surface area (Å²) in [5.41, 5.74) is 2.34. The van der Waals surface area contributed by atoms with E-state index in [4.69, 9.17) is 9.47 Å². The van der Waals surface area contributed by atoms with Gasteiger partial charge in [-0.2, -0.15) is 0 Å². The van der Waals surface area contributed by atoms with Gasteiger partial charge in [-0.25, -0.2) is 9.18 Å². The quantitative estimate of drug-likeness (QED) is 0.288. The van der Waals surface area contributed by atoms with Crippen LogP contribution in [0.5, 0.6) is 0 Å². The Bertz CT molecular complexity index is 1330. The van der Waals surface area contributed by atoms with Crippen LogP contribution in [0, 0.1) is 5.82 Å². The molecule has 3 unspecified atom stereocenters. The second-order valence-corrected chi connectivity index (χ2v) is 11.9. The molecule has 1 aliphatic rings. The monoisotopic (exact) mass is 533 g/mol. The van der Waals surface area contributed by atoms with Crippen LogP contribution in [0.15, 0.2) is 60.7 Å². The van der Waals surface area contributed by atoms with Gasteiger partial charge in [0.15, 0.2) is 0 Å². The molecule has 4 rings (SSSR count). The number of benzene rings is 3. The highest BCUT2D eigenvalue weighted by Gasteiger charge is 2.38. The minimum Gasteiger partial charge on any atom is -0.463 e. The van der Waals surface area contributed by atoms with Gasteiger partial charge in [-0.05, 0) is 94.9 Å². The molecule has 6 heteroatoms. The molecule has 0 heterocycles. The smallest absolute Gasteiger partial charge is 0.411 e. The molecule has 0 N–H and O–H groups in total. The van der Waals surface area contributed by atoms with Crippen molar-refractivity contribution in [3.05, 3.63) is 83.2 Å². The highest BCUT2D eigenvalue weighted by atomic mass is 19.1. The van der Waals surface area contributed by atoms with Crippen LogP contribution in [-0.4, -0.2) is 34.7 Å². The third-order valence-electron chi connectivity index (χ3n) is 7.31. The Balaban J connectivity index is 1.60. The maximum atomic E-state index is 14.6. The summed E-state index contributed by atoms with van der Waals surface area (Å²) in [5, 5.41) is 1.34. The van der Waals surface area contributed by atoms with Crippen molar-refractivity contribution in [2.45, 2.75) is 96.9 Å². The molecule has 3 aromatic rings. The van der Waals surface area contributed by atoms with Gasteiger partial charge in [-0.1, -0.05) is 54.6 Å². The third-order valence-corrected chi connectivity index (χ3v) is 7.31. The number of fused-ring (bicyclic) bond motifs is 1. The molecule has 1 aliphatic carbocycles. The van der Waals surface area contributed by atoms with Gasteiger partial charge in [0.2, 0.25) is 0 Å². The molecule has 0 bridgehead atoms. The minimum absolute atomic E-state index is 0.0433. The lowest BCUT2D eigenvalue weighted by Gasteiger charge is -2.37. The lowest BCUT2D eigenvalue weighted by Crippen LogP contribution is -2.44. The van der Waals surface area contributed by atoms with E-state index in [0.717, 1.165) is 41.3 Å². The van der Waals surface area contributed by atoms with Gasteiger partial charge < -0.3 is 9.47 Å². The number of rotatable bonds is 7. The number of nitrogens with zero attached hydrogens (tertiary/aromatic N) is 1. The van der Waals surface area contributed by atoms with Gasteiger partial charge in [0.1, 0.15) is 11.4 Å². The van der Waals surface area contributed by atoms with E-state index in [1.54, 1.807) is 12.1 Å². The molecule has 208 valence electrons. The topological polar surface area (TPSA) is 55.8 Å². The summed E-state index contributed by atoms with van der Waals surface area (Å²) in [6.45, 7) is 11.3. The fourth-order valence-electron chi connectivity index (χ4n) is 5.68. The zero-order valence-corrected chi connectivity index (χ0v) is 23.9. The molecule has 0 radical (unpaired) electrons. The number of carbonyl (C=O) groups excluding carboxylic acids is 2. The van der Waals surface area contributed by atoms with Crippen LogP contribution >= 0.6 is 0 Å². The zero-order chi connectivity index (χ0) is 28.3. The molecule has 1 saturated carbocycles. The molecule has 0 saturated heterocycles. The molecular formula is C33H40FNO4. The Hall–Kier alpha value is -3.41. The maximum absolute atomic E-state index is 14.6. The zero-order valence-electron chi connectivity index (χ0n) is 23.9. The molecule has 0 spiro atoms. The van der Waals surface area contributed by atoms with Gasteiger partial charge in [0.25, 0.3) is 0 Å². The molecule has 39 heavy (non-hydrogen) atoms. The number of halogens is 1. The van der Waals surface area contributed by atoms with Crippen molar-refractivity contribution in [3.63, 3.8) is 0 Å². The summed E-state index contributed by atoms with van der Waals surface area (Å²) in [7, 11) is 0. The van der Waals surface area contributed by atoms with E-state index in [1.807, 2.05) is 76.8 Å². The Labute approximate surface area is 231 Å². The summed E-state index contributed by atoms with van der Waals surface area (Å²) < 4.78 is 25.8. The number of amides is 1. The normalized spacial score (nSPS) is 18.3. The van der Waals surface area contributed by atoms with Crippen LogP contribution in [0.1, 0.15) is 89.5 Å². The minimum atomic E-state index is -0.642. The van der Waals surface area contributed by atoms with Crippen LogP contribution in [-0.2, 0) is 20.7 Å². The first-order valence-electron chi connectivity index (χ1n) is 13.9. The lowest BCUT2D eigenvalue weighted by atomic mass is 9.94. The molecular weight excluding hydrogens is 493 g/mol. The number of carbonyl (C=O) groups is 2. The van der Waals surface area contributed by atoms with Crippen LogP contribution in [0.2, 0.25) is 0 Å². The summed E-state index contributed by atoms with van der Waals surface area (Å²) in [6, 6.07) is 18.4. The average Bonchev–Trinajstić information content (AvgIpc) is 3.32. The van der Waals surface area contributed by atoms with Gasteiger partial charge in [0.05, 0.1) is 18.6 Å². The maximum Gasteiger partial charge on any atom is 0.411 e. The Morgan fingerprint density at radius 1 is 0.974 bits per heavy atom. The summed E-state index contributed by atoms with van der Waals surface area (Å²) in [4.78, 5) is 27.7. The van der Waals surface area contributed by atoms with Crippen LogP contribution in [0.25, 0.3) is 10.8 Å². The fourth-order valence-corrected chi connectivity index (χ4v) is 5.68. The summed E-state index contributed by atoms with van der Waals surface area (Å²) in [5.74, 6) is -0.260. The van der Waals surface area contributed by atoms with E-state index in [0.29, 0.717) is 5.39 Å². The Morgan fingerprint density at radius 3 is 2.38 bits per heavy atom. The first-order chi connectivity index (χ1) is 18.4. The van der Waals surface area contributed by atoms with E-state index in [-0.39, 0.29) is 48.4 Å². The van der Waals surface area contributed by atoms with Crippen molar-refractivity contribution in [3.8, 4) is 0 Å². The van der Waals surface area contributed by atoms with Gasteiger partial charge in [-0.3, -0.25) is 9.69 Å². The van der Waals surface area contributed by atoms with E-state index in [9.17, 15) is 14.0 Å². The van der Waals surface area contributed by atoms with Crippen LogP contribution in [0.3, 0.4) is 0 Å². The van der Waals surface area contributed by atoms with Crippen molar-refractivity contribution in [2.24, 2.45) is 0 Å². The molecule has 3 aromatic carbocycles.